The molecule has 0 aliphatic carbocycles. The summed E-state index contributed by atoms with van der Waals surface area (Å²) in [6.07, 6.45) is 0. The highest BCUT2D eigenvalue weighted by Crippen LogP contribution is 2.28. The number of nitrogen functional groups attached to an aromatic ring is 1. The third kappa shape index (κ3) is 2.64. The number of nitrogens with two attached hydrogens (primary N) is 1. The maximum absolute atomic E-state index is 13.9. The zero-order chi connectivity index (χ0) is 14.9. The van der Waals surface area contributed by atoms with Crippen molar-refractivity contribution in [3.63, 3.8) is 0 Å². The van der Waals surface area contributed by atoms with Crippen molar-refractivity contribution < 1.29 is 19.0 Å². The Morgan fingerprint density at radius 3 is 2.70 bits per heavy atom. The molecule has 3 N–H and O–H groups in total. The first kappa shape index (κ1) is 14.4. The third-order valence-corrected chi connectivity index (χ3v) is 3.14. The molecule has 8 heteroatoms. The number of aromatic nitrogens is 2. The number of nitrogens with zero attached hydrogens (tertiary/aromatic N) is 2. The Balaban J connectivity index is 2.66. The average molecular weight is 389 g/mol. The number of benzene rings is 1. The number of hydrogen-bond acceptors (Lipinski definition) is 5. The molecular weight excluding hydrogens is 380 g/mol. The maximum Gasteiger partial charge on any atom is 0.358 e. The first-order valence-corrected chi connectivity index (χ1v) is 6.42. The minimum absolute atomic E-state index is 0.0715. The summed E-state index contributed by atoms with van der Waals surface area (Å²) in [4.78, 5) is 18.8. The summed E-state index contributed by atoms with van der Waals surface area (Å²) >= 11 is 1.96. The van der Waals surface area contributed by atoms with E-state index < -0.39 is 17.5 Å². The Labute approximate surface area is 126 Å². The first-order chi connectivity index (χ1) is 9.43. The van der Waals surface area contributed by atoms with E-state index in [1.165, 1.54) is 19.2 Å². The van der Waals surface area contributed by atoms with Crippen molar-refractivity contribution in [2.45, 2.75) is 0 Å². The van der Waals surface area contributed by atoms with Gasteiger partial charge in [-0.2, -0.15) is 0 Å². The zero-order valence-electron chi connectivity index (χ0n) is 10.2. The smallest absolute Gasteiger partial charge is 0.358 e. The number of carboxylic acid groups (broad SMARTS) is 1. The van der Waals surface area contributed by atoms with Crippen LogP contribution in [0.3, 0.4) is 0 Å². The molecule has 0 aliphatic heterocycles. The van der Waals surface area contributed by atoms with Crippen LogP contribution in [0.15, 0.2) is 18.2 Å². The van der Waals surface area contributed by atoms with E-state index in [0.29, 0.717) is 3.57 Å². The van der Waals surface area contributed by atoms with Crippen molar-refractivity contribution in [2.24, 2.45) is 0 Å². The fraction of sp³-hybridized carbons (Fsp3) is 0.0833. The third-order valence-electron chi connectivity index (χ3n) is 2.47. The van der Waals surface area contributed by atoms with Crippen molar-refractivity contribution >= 4 is 34.4 Å². The lowest BCUT2D eigenvalue weighted by molar-refractivity contribution is 0.0686. The quantitative estimate of drug-likeness (QED) is 0.781. The van der Waals surface area contributed by atoms with E-state index in [-0.39, 0.29) is 23.0 Å². The molecule has 104 valence electrons. The van der Waals surface area contributed by atoms with E-state index in [4.69, 9.17) is 15.6 Å². The number of carbonyl (C=O) groups is 1. The molecule has 2 aromatic rings. The van der Waals surface area contributed by atoms with E-state index in [1.54, 1.807) is 6.07 Å². The molecule has 0 saturated carbocycles. The summed E-state index contributed by atoms with van der Waals surface area (Å²) < 4.78 is 19.4. The normalized spacial score (nSPS) is 10.3. The van der Waals surface area contributed by atoms with Gasteiger partial charge in [0.1, 0.15) is 5.82 Å². The van der Waals surface area contributed by atoms with Crippen molar-refractivity contribution in [1.29, 1.82) is 0 Å². The maximum atomic E-state index is 13.9. The number of rotatable bonds is 3. The number of ether oxygens (including phenoxy) is 1. The molecule has 6 nitrogen and oxygen atoms in total. The van der Waals surface area contributed by atoms with Crippen LogP contribution in [-0.2, 0) is 0 Å². The minimum atomic E-state index is -1.33. The Bertz CT molecular complexity index is 694. The number of hydrogen-bond donors (Lipinski definition) is 2. The first-order valence-electron chi connectivity index (χ1n) is 5.34. The van der Waals surface area contributed by atoms with Gasteiger partial charge in [0.05, 0.1) is 12.7 Å². The summed E-state index contributed by atoms with van der Waals surface area (Å²) in [7, 11) is 1.26. The van der Waals surface area contributed by atoms with Crippen molar-refractivity contribution in [1.82, 2.24) is 9.97 Å². The molecule has 1 heterocycles. The molecule has 1 aromatic carbocycles. The number of anilines is 1. The average Bonchev–Trinajstić information content (AvgIpc) is 2.37. The summed E-state index contributed by atoms with van der Waals surface area (Å²) in [5.74, 6) is -2.30. The molecule has 0 unspecified atom stereocenters. The fourth-order valence-electron chi connectivity index (χ4n) is 1.61. The van der Waals surface area contributed by atoms with Gasteiger partial charge in [0.2, 0.25) is 0 Å². The Hall–Kier alpha value is -1.97. The molecule has 0 atom stereocenters. The molecule has 0 spiro atoms. The number of methoxy groups -OCH3 is 1. The van der Waals surface area contributed by atoms with Gasteiger partial charge in [-0.15, -0.1) is 0 Å². The number of aromatic carboxylic acids is 1. The standard InChI is InChI=1S/C12H9FIN3O3/c1-20-9-8(12(18)19)16-11(17-10(9)15)6-3-2-5(14)4-7(6)13/h2-4H,1H3,(H,18,19)(H2,15,16,17). The van der Waals surface area contributed by atoms with Crippen molar-refractivity contribution in [3.8, 4) is 17.1 Å². The lowest BCUT2D eigenvalue weighted by Crippen LogP contribution is -2.10. The van der Waals surface area contributed by atoms with Crippen molar-refractivity contribution in [3.05, 3.63) is 33.3 Å². The monoisotopic (exact) mass is 389 g/mol. The van der Waals surface area contributed by atoms with Crippen molar-refractivity contribution in [2.75, 3.05) is 12.8 Å². The zero-order valence-corrected chi connectivity index (χ0v) is 12.4. The number of halogens is 2. The summed E-state index contributed by atoms with van der Waals surface area (Å²) in [5.41, 5.74) is 5.29. The lowest BCUT2D eigenvalue weighted by Gasteiger charge is -2.09. The second-order valence-electron chi connectivity index (χ2n) is 3.74. The topological polar surface area (TPSA) is 98.3 Å². The van der Waals surface area contributed by atoms with Gasteiger partial charge in [-0.1, -0.05) is 0 Å². The molecule has 0 fully saturated rings. The fourth-order valence-corrected chi connectivity index (χ4v) is 2.06. The summed E-state index contributed by atoms with van der Waals surface area (Å²) in [6, 6.07) is 4.41. The molecule has 0 radical (unpaired) electrons. The predicted molar refractivity (Wildman–Crippen MR) is 78.1 cm³/mol. The highest BCUT2D eigenvalue weighted by atomic mass is 127. The Kier molecular flexibility index (Phi) is 4.02. The van der Waals surface area contributed by atoms with Gasteiger partial charge in [0.25, 0.3) is 0 Å². The Morgan fingerprint density at radius 1 is 1.45 bits per heavy atom. The van der Waals surface area contributed by atoms with Gasteiger partial charge in [0, 0.05) is 3.57 Å². The molecule has 0 saturated heterocycles. The van der Waals surface area contributed by atoms with E-state index in [0.717, 1.165) is 0 Å². The SMILES string of the molecule is COc1c(N)nc(-c2ccc(I)cc2F)nc1C(=O)O. The number of carboxylic acids is 1. The van der Waals surface area contributed by atoms with Gasteiger partial charge < -0.3 is 15.6 Å². The molecular formula is C12H9FIN3O3. The van der Waals surface area contributed by atoms with E-state index in [2.05, 4.69) is 9.97 Å². The molecule has 0 amide bonds. The van der Waals surface area contributed by atoms with Gasteiger partial charge in [-0.05, 0) is 40.8 Å². The second kappa shape index (κ2) is 5.57. The van der Waals surface area contributed by atoms with E-state index in [9.17, 15) is 9.18 Å². The summed E-state index contributed by atoms with van der Waals surface area (Å²) in [6.45, 7) is 0. The lowest BCUT2D eigenvalue weighted by atomic mass is 10.2. The van der Waals surface area contributed by atoms with Crippen LogP contribution in [0, 0.1) is 9.39 Å². The van der Waals surface area contributed by atoms with E-state index in [1.807, 2.05) is 22.6 Å². The molecule has 0 aliphatic rings. The Morgan fingerprint density at radius 2 is 2.15 bits per heavy atom. The predicted octanol–water partition coefficient (Wildman–Crippen LogP) is 2.18. The second-order valence-corrected chi connectivity index (χ2v) is 4.99. The van der Waals surface area contributed by atoms with Crippen LogP contribution in [0.4, 0.5) is 10.2 Å². The highest BCUT2D eigenvalue weighted by Gasteiger charge is 2.20. The largest absolute Gasteiger partial charge is 0.491 e. The molecule has 20 heavy (non-hydrogen) atoms. The minimum Gasteiger partial charge on any atom is -0.491 e. The van der Waals surface area contributed by atoms with E-state index >= 15 is 0 Å². The highest BCUT2D eigenvalue weighted by molar-refractivity contribution is 14.1. The van der Waals surface area contributed by atoms with Crippen LogP contribution in [0.2, 0.25) is 0 Å². The molecule has 2 rings (SSSR count). The van der Waals surface area contributed by atoms with Gasteiger partial charge >= 0.3 is 5.97 Å². The van der Waals surface area contributed by atoms with Gasteiger partial charge in [-0.3, -0.25) is 0 Å². The molecule has 1 aromatic heterocycles. The van der Waals surface area contributed by atoms with Gasteiger partial charge in [0.15, 0.2) is 23.1 Å². The van der Waals surface area contributed by atoms with Crippen LogP contribution >= 0.6 is 22.6 Å². The van der Waals surface area contributed by atoms with Crippen LogP contribution in [0.5, 0.6) is 5.75 Å². The molecule has 0 bridgehead atoms. The van der Waals surface area contributed by atoms with Crippen LogP contribution in [0.1, 0.15) is 10.5 Å². The summed E-state index contributed by atoms with van der Waals surface area (Å²) in [5, 5.41) is 9.09. The van der Waals surface area contributed by atoms with Crippen LogP contribution < -0.4 is 10.5 Å². The van der Waals surface area contributed by atoms with Crippen LogP contribution in [-0.4, -0.2) is 28.2 Å². The van der Waals surface area contributed by atoms with Crippen LogP contribution in [0.25, 0.3) is 11.4 Å². The van der Waals surface area contributed by atoms with Gasteiger partial charge in [-0.25, -0.2) is 19.2 Å².